The van der Waals surface area contributed by atoms with Crippen LogP contribution in [-0.4, -0.2) is 30.7 Å². The first-order chi connectivity index (χ1) is 13.3. The second-order valence-corrected chi connectivity index (χ2v) is 7.24. The summed E-state index contributed by atoms with van der Waals surface area (Å²) in [5.74, 6) is 2.31. The van der Waals surface area contributed by atoms with Gasteiger partial charge in [0.15, 0.2) is 11.5 Å². The lowest BCUT2D eigenvalue weighted by atomic mass is 9.90. The third-order valence-electron chi connectivity index (χ3n) is 5.43. The number of benzene rings is 2. The third kappa shape index (κ3) is 4.51. The van der Waals surface area contributed by atoms with Crippen molar-refractivity contribution < 1.29 is 14.3 Å². The number of carbonyl (C=O) groups is 1. The summed E-state index contributed by atoms with van der Waals surface area (Å²) < 4.78 is 10.7. The Morgan fingerprint density at radius 3 is 2.63 bits per heavy atom. The van der Waals surface area contributed by atoms with Gasteiger partial charge in [-0.05, 0) is 60.9 Å². The highest BCUT2D eigenvalue weighted by Gasteiger charge is 2.21. The van der Waals surface area contributed by atoms with Gasteiger partial charge in [-0.15, -0.1) is 0 Å². The Kier molecular flexibility index (Phi) is 5.42. The summed E-state index contributed by atoms with van der Waals surface area (Å²) >= 11 is 0. The van der Waals surface area contributed by atoms with Crippen molar-refractivity contribution in [1.29, 1.82) is 0 Å². The first-order valence-corrected chi connectivity index (χ1v) is 9.68. The molecule has 2 aromatic rings. The Morgan fingerprint density at radius 1 is 1.04 bits per heavy atom. The zero-order chi connectivity index (χ0) is 18.5. The van der Waals surface area contributed by atoms with Gasteiger partial charge >= 0.3 is 0 Å². The molecule has 0 N–H and O–H groups in total. The summed E-state index contributed by atoms with van der Waals surface area (Å²) in [7, 11) is 0. The number of ether oxygens (including phenoxy) is 2. The van der Waals surface area contributed by atoms with Crippen LogP contribution in [0.2, 0.25) is 0 Å². The number of amides is 1. The average Bonchev–Trinajstić information content (AvgIpc) is 3.19. The van der Waals surface area contributed by atoms with Gasteiger partial charge in [-0.3, -0.25) is 4.79 Å². The highest BCUT2D eigenvalue weighted by Crippen LogP contribution is 2.32. The van der Waals surface area contributed by atoms with Crippen molar-refractivity contribution in [3.63, 3.8) is 0 Å². The zero-order valence-electron chi connectivity index (χ0n) is 15.5. The number of piperidine rings is 1. The molecule has 0 aliphatic carbocycles. The summed E-state index contributed by atoms with van der Waals surface area (Å²) in [5.41, 5.74) is 2.35. The number of hydrogen-bond acceptors (Lipinski definition) is 3. The summed E-state index contributed by atoms with van der Waals surface area (Å²) in [5, 5.41) is 0. The molecule has 27 heavy (non-hydrogen) atoms. The van der Waals surface area contributed by atoms with Crippen LogP contribution in [0.15, 0.2) is 54.6 Å². The highest BCUT2D eigenvalue weighted by atomic mass is 16.7. The number of rotatable bonds is 5. The van der Waals surface area contributed by atoms with E-state index in [9.17, 15) is 4.79 Å². The van der Waals surface area contributed by atoms with E-state index in [1.807, 2.05) is 29.2 Å². The van der Waals surface area contributed by atoms with Crippen LogP contribution in [0.3, 0.4) is 0 Å². The molecule has 2 heterocycles. The molecule has 2 aromatic carbocycles. The Labute approximate surface area is 160 Å². The van der Waals surface area contributed by atoms with E-state index in [-0.39, 0.29) is 12.7 Å². The average molecular weight is 363 g/mol. The van der Waals surface area contributed by atoms with Crippen LogP contribution >= 0.6 is 0 Å². The number of carbonyl (C=O) groups excluding carboxylic acids is 1. The second-order valence-electron chi connectivity index (χ2n) is 7.24. The van der Waals surface area contributed by atoms with Gasteiger partial charge in [0.05, 0.1) is 0 Å². The molecule has 0 saturated carbocycles. The number of nitrogens with zero attached hydrogens (tertiary/aromatic N) is 1. The molecule has 1 fully saturated rings. The van der Waals surface area contributed by atoms with E-state index < -0.39 is 0 Å². The second kappa shape index (κ2) is 8.30. The number of likely N-dealkylation sites (tertiary alicyclic amines) is 1. The molecule has 4 heteroatoms. The summed E-state index contributed by atoms with van der Waals surface area (Å²) in [6, 6.07) is 16.4. The maximum Gasteiger partial charge on any atom is 0.246 e. The summed E-state index contributed by atoms with van der Waals surface area (Å²) in [6.07, 6.45) is 8.04. The van der Waals surface area contributed by atoms with Gasteiger partial charge < -0.3 is 14.4 Å². The van der Waals surface area contributed by atoms with E-state index in [4.69, 9.17) is 9.47 Å². The van der Waals surface area contributed by atoms with Crippen LogP contribution < -0.4 is 9.47 Å². The van der Waals surface area contributed by atoms with Gasteiger partial charge in [-0.1, -0.05) is 36.4 Å². The van der Waals surface area contributed by atoms with Gasteiger partial charge in [-0.25, -0.2) is 0 Å². The van der Waals surface area contributed by atoms with Crippen molar-refractivity contribution in [2.45, 2.75) is 25.7 Å². The quantitative estimate of drug-likeness (QED) is 0.744. The van der Waals surface area contributed by atoms with Crippen molar-refractivity contribution in [2.75, 3.05) is 19.9 Å². The maximum absolute atomic E-state index is 12.5. The lowest BCUT2D eigenvalue weighted by Gasteiger charge is -2.31. The molecular weight excluding hydrogens is 338 g/mol. The predicted molar refractivity (Wildman–Crippen MR) is 106 cm³/mol. The molecule has 0 spiro atoms. The Morgan fingerprint density at radius 2 is 1.81 bits per heavy atom. The first-order valence-electron chi connectivity index (χ1n) is 9.68. The van der Waals surface area contributed by atoms with Crippen LogP contribution in [0.4, 0.5) is 0 Å². The first kappa shape index (κ1) is 17.7. The molecule has 0 bridgehead atoms. The smallest absolute Gasteiger partial charge is 0.246 e. The lowest BCUT2D eigenvalue weighted by molar-refractivity contribution is -0.127. The normalized spacial score (nSPS) is 16.8. The molecule has 2 aliphatic heterocycles. The number of fused-ring (bicyclic) bond motifs is 1. The standard InChI is InChI=1S/C23H25NO3/c25-23(11-9-20-8-10-21-22(16-20)27-17-26-21)24-14-12-19(13-15-24)7-6-18-4-2-1-3-5-18/h1-5,8-11,16,19H,6-7,12-15,17H2/b11-9+. The van der Waals surface area contributed by atoms with Gasteiger partial charge in [0.25, 0.3) is 0 Å². The molecule has 2 aliphatic rings. The minimum absolute atomic E-state index is 0.0918. The van der Waals surface area contributed by atoms with Crippen molar-refractivity contribution in [2.24, 2.45) is 5.92 Å². The maximum atomic E-state index is 12.5. The summed E-state index contributed by atoms with van der Waals surface area (Å²) in [4.78, 5) is 14.4. The van der Waals surface area contributed by atoms with Crippen molar-refractivity contribution in [3.05, 3.63) is 65.7 Å². The van der Waals surface area contributed by atoms with Crippen molar-refractivity contribution in [3.8, 4) is 11.5 Å². The zero-order valence-corrected chi connectivity index (χ0v) is 15.5. The van der Waals surface area contributed by atoms with Crippen LogP contribution in [0.1, 0.15) is 30.4 Å². The third-order valence-corrected chi connectivity index (χ3v) is 5.43. The van der Waals surface area contributed by atoms with Crippen LogP contribution in [0.5, 0.6) is 11.5 Å². The Balaban J connectivity index is 1.25. The van der Waals surface area contributed by atoms with Gasteiger partial charge in [-0.2, -0.15) is 0 Å². The number of hydrogen-bond donors (Lipinski definition) is 0. The molecule has 4 rings (SSSR count). The molecule has 1 amide bonds. The van der Waals surface area contributed by atoms with Crippen LogP contribution in [0.25, 0.3) is 6.08 Å². The monoisotopic (exact) mass is 363 g/mol. The SMILES string of the molecule is O=C(/C=C/c1ccc2c(c1)OCO2)N1CCC(CCc2ccccc2)CC1. The van der Waals surface area contributed by atoms with Crippen molar-refractivity contribution >= 4 is 12.0 Å². The van der Waals surface area contributed by atoms with Gasteiger partial charge in [0.2, 0.25) is 12.7 Å². The molecule has 0 unspecified atom stereocenters. The highest BCUT2D eigenvalue weighted by molar-refractivity contribution is 5.91. The van der Waals surface area contributed by atoms with Crippen molar-refractivity contribution in [1.82, 2.24) is 4.90 Å². The molecule has 0 aromatic heterocycles. The van der Waals surface area contributed by atoms with E-state index in [0.717, 1.165) is 49.4 Å². The molecule has 0 radical (unpaired) electrons. The minimum atomic E-state index is 0.0918. The topological polar surface area (TPSA) is 38.8 Å². The Hall–Kier alpha value is -2.75. The molecule has 1 saturated heterocycles. The Bertz CT molecular complexity index is 808. The van der Waals surface area contributed by atoms with Gasteiger partial charge in [0, 0.05) is 19.2 Å². The molecule has 140 valence electrons. The van der Waals surface area contributed by atoms with E-state index in [2.05, 4.69) is 30.3 Å². The fraction of sp³-hybridized carbons (Fsp3) is 0.348. The number of aryl methyl sites for hydroxylation is 1. The molecular formula is C23H25NO3. The lowest BCUT2D eigenvalue weighted by Crippen LogP contribution is -2.37. The van der Waals surface area contributed by atoms with E-state index >= 15 is 0 Å². The van der Waals surface area contributed by atoms with Crippen LogP contribution in [0, 0.1) is 5.92 Å². The fourth-order valence-electron chi connectivity index (χ4n) is 3.75. The summed E-state index contributed by atoms with van der Waals surface area (Å²) in [6.45, 7) is 1.97. The van der Waals surface area contributed by atoms with Gasteiger partial charge in [0.1, 0.15) is 0 Å². The van der Waals surface area contributed by atoms with Crippen LogP contribution in [-0.2, 0) is 11.2 Å². The molecule has 0 atom stereocenters. The molecule has 4 nitrogen and oxygen atoms in total. The fourth-order valence-corrected chi connectivity index (χ4v) is 3.75. The van der Waals surface area contributed by atoms with E-state index in [1.165, 1.54) is 12.0 Å². The predicted octanol–water partition coefficient (Wildman–Crippen LogP) is 4.30. The minimum Gasteiger partial charge on any atom is -0.454 e. The van der Waals surface area contributed by atoms with E-state index in [0.29, 0.717) is 5.92 Å². The largest absolute Gasteiger partial charge is 0.454 e. The van der Waals surface area contributed by atoms with E-state index in [1.54, 1.807) is 6.08 Å².